The van der Waals surface area contributed by atoms with Crippen LogP contribution in [-0.2, 0) is 9.59 Å². The molecule has 0 aliphatic carbocycles. The average molecular weight is 398 g/mol. The summed E-state index contributed by atoms with van der Waals surface area (Å²) in [6, 6.07) is 21.9. The van der Waals surface area contributed by atoms with Gasteiger partial charge < -0.3 is 9.47 Å². The Morgan fingerprint density at radius 2 is 0.967 bits per heavy atom. The van der Waals surface area contributed by atoms with Crippen LogP contribution in [0.3, 0.4) is 0 Å². The van der Waals surface area contributed by atoms with Crippen LogP contribution < -0.4 is 9.47 Å². The zero-order chi connectivity index (χ0) is 21.1. The zero-order valence-electron chi connectivity index (χ0n) is 16.5. The second-order valence-corrected chi connectivity index (χ2v) is 6.65. The van der Waals surface area contributed by atoms with Crippen molar-refractivity contribution in [2.45, 2.75) is 13.8 Å². The van der Waals surface area contributed by atoms with Crippen LogP contribution in [0, 0.1) is 0 Å². The third kappa shape index (κ3) is 4.17. The summed E-state index contributed by atoms with van der Waals surface area (Å²) in [5.74, 6) is 0.183. The van der Waals surface area contributed by atoms with Gasteiger partial charge in [-0.25, -0.2) is 9.97 Å². The first-order valence-corrected chi connectivity index (χ1v) is 9.34. The highest BCUT2D eigenvalue weighted by Crippen LogP contribution is 2.32. The predicted molar refractivity (Wildman–Crippen MR) is 113 cm³/mol. The Kier molecular flexibility index (Phi) is 5.22. The molecule has 3 aromatic carbocycles. The van der Waals surface area contributed by atoms with E-state index in [4.69, 9.17) is 19.4 Å². The van der Waals surface area contributed by atoms with Gasteiger partial charge in [0.1, 0.15) is 11.5 Å². The first-order valence-electron chi connectivity index (χ1n) is 9.34. The number of hydrogen-bond acceptors (Lipinski definition) is 6. The lowest BCUT2D eigenvalue weighted by atomic mass is 10.0. The van der Waals surface area contributed by atoms with E-state index in [0.29, 0.717) is 22.9 Å². The molecule has 0 saturated carbocycles. The monoisotopic (exact) mass is 398 g/mol. The number of rotatable bonds is 4. The maximum absolute atomic E-state index is 11.2. The van der Waals surface area contributed by atoms with Gasteiger partial charge in [0, 0.05) is 25.0 Å². The van der Waals surface area contributed by atoms with Crippen molar-refractivity contribution in [3.8, 4) is 34.0 Å². The molecule has 148 valence electrons. The quantitative estimate of drug-likeness (QED) is 0.362. The first-order chi connectivity index (χ1) is 14.5. The number of fused-ring (bicyclic) bond motifs is 1. The summed E-state index contributed by atoms with van der Waals surface area (Å²) in [4.78, 5) is 32.0. The molecule has 0 fully saturated rings. The van der Waals surface area contributed by atoms with Crippen LogP contribution in [0.2, 0.25) is 0 Å². The largest absolute Gasteiger partial charge is 0.427 e. The molecule has 6 nitrogen and oxygen atoms in total. The summed E-state index contributed by atoms with van der Waals surface area (Å²) in [5, 5.41) is 0. The Bertz CT molecular complexity index is 1130. The van der Waals surface area contributed by atoms with Crippen molar-refractivity contribution in [2.24, 2.45) is 0 Å². The molecule has 30 heavy (non-hydrogen) atoms. The molecule has 1 aromatic heterocycles. The highest BCUT2D eigenvalue weighted by atomic mass is 16.5. The van der Waals surface area contributed by atoms with Crippen molar-refractivity contribution < 1.29 is 19.1 Å². The van der Waals surface area contributed by atoms with Gasteiger partial charge in [0.05, 0.1) is 22.4 Å². The molecule has 0 unspecified atom stereocenters. The number of benzene rings is 3. The minimum absolute atomic E-state index is 0.373. The normalized spacial score (nSPS) is 10.6. The summed E-state index contributed by atoms with van der Waals surface area (Å²) >= 11 is 0. The minimum atomic E-state index is -0.373. The number of hydrogen-bond donors (Lipinski definition) is 0. The number of carbonyl (C=O) groups is 2. The van der Waals surface area contributed by atoms with E-state index in [2.05, 4.69) is 0 Å². The summed E-state index contributed by atoms with van der Waals surface area (Å²) in [7, 11) is 0. The third-order valence-electron chi connectivity index (χ3n) is 4.35. The number of para-hydroxylation sites is 2. The Labute approximate surface area is 173 Å². The Morgan fingerprint density at radius 3 is 1.30 bits per heavy atom. The number of ether oxygens (including phenoxy) is 2. The minimum Gasteiger partial charge on any atom is -0.427 e. The number of esters is 2. The van der Waals surface area contributed by atoms with E-state index < -0.39 is 0 Å². The SMILES string of the molecule is CC(=O)Oc1ccc(-c2nc3ccccc3nc2-c2ccc(OC(C)=O)cc2)cc1. The van der Waals surface area contributed by atoms with Gasteiger partial charge in [0.15, 0.2) is 0 Å². The fraction of sp³-hybridized carbons (Fsp3) is 0.0833. The molecule has 0 spiro atoms. The standard InChI is InChI=1S/C24H18N2O4/c1-15(27)29-19-11-7-17(8-12-19)23-24(26-22-6-4-3-5-21(22)25-23)18-9-13-20(14-10-18)30-16(2)28/h3-14H,1-2H3. The van der Waals surface area contributed by atoms with E-state index in [1.165, 1.54) is 13.8 Å². The lowest BCUT2D eigenvalue weighted by Gasteiger charge is -2.11. The zero-order valence-corrected chi connectivity index (χ0v) is 16.5. The second kappa shape index (κ2) is 8.13. The molecular weight excluding hydrogens is 380 g/mol. The number of carbonyl (C=O) groups excluding carboxylic acids is 2. The summed E-state index contributed by atoms with van der Waals surface area (Å²) in [5.41, 5.74) is 4.62. The maximum atomic E-state index is 11.2. The lowest BCUT2D eigenvalue weighted by Crippen LogP contribution is -2.01. The smallest absolute Gasteiger partial charge is 0.308 e. The highest BCUT2D eigenvalue weighted by Gasteiger charge is 2.14. The molecule has 0 radical (unpaired) electrons. The number of aromatic nitrogens is 2. The van der Waals surface area contributed by atoms with Gasteiger partial charge in [-0.1, -0.05) is 12.1 Å². The highest BCUT2D eigenvalue weighted by molar-refractivity contribution is 5.86. The van der Waals surface area contributed by atoms with Crippen LogP contribution >= 0.6 is 0 Å². The summed E-state index contributed by atoms with van der Waals surface area (Å²) in [6.45, 7) is 2.72. The van der Waals surface area contributed by atoms with Gasteiger partial charge in [-0.3, -0.25) is 9.59 Å². The van der Waals surface area contributed by atoms with Crippen LogP contribution in [0.4, 0.5) is 0 Å². The van der Waals surface area contributed by atoms with Gasteiger partial charge in [0.25, 0.3) is 0 Å². The molecule has 0 saturated heterocycles. The summed E-state index contributed by atoms with van der Waals surface area (Å²) in [6.07, 6.45) is 0. The first kappa shape index (κ1) is 19.3. The fourth-order valence-electron chi connectivity index (χ4n) is 3.10. The molecule has 4 rings (SSSR count). The molecule has 0 aliphatic heterocycles. The Balaban J connectivity index is 1.82. The van der Waals surface area contributed by atoms with Crippen molar-refractivity contribution in [2.75, 3.05) is 0 Å². The third-order valence-corrected chi connectivity index (χ3v) is 4.35. The van der Waals surface area contributed by atoms with Crippen molar-refractivity contribution in [3.05, 3.63) is 72.8 Å². The molecule has 4 aromatic rings. The lowest BCUT2D eigenvalue weighted by molar-refractivity contribution is -0.132. The molecule has 0 amide bonds. The Hall–Kier alpha value is -4.06. The van der Waals surface area contributed by atoms with Gasteiger partial charge >= 0.3 is 11.9 Å². The van der Waals surface area contributed by atoms with Gasteiger partial charge in [-0.2, -0.15) is 0 Å². The van der Waals surface area contributed by atoms with E-state index in [1.807, 2.05) is 48.5 Å². The van der Waals surface area contributed by atoms with Crippen LogP contribution in [-0.4, -0.2) is 21.9 Å². The van der Waals surface area contributed by atoms with Crippen LogP contribution in [0.15, 0.2) is 72.8 Å². The van der Waals surface area contributed by atoms with Crippen molar-refractivity contribution in [3.63, 3.8) is 0 Å². The van der Waals surface area contributed by atoms with Crippen molar-refractivity contribution in [1.29, 1.82) is 0 Å². The van der Waals surface area contributed by atoms with E-state index in [9.17, 15) is 9.59 Å². The molecular formula is C24H18N2O4. The van der Waals surface area contributed by atoms with E-state index in [0.717, 1.165) is 22.2 Å². The summed E-state index contributed by atoms with van der Waals surface area (Å²) < 4.78 is 10.2. The Morgan fingerprint density at radius 1 is 0.600 bits per heavy atom. The topological polar surface area (TPSA) is 78.4 Å². The average Bonchev–Trinajstić information content (AvgIpc) is 2.73. The molecule has 6 heteroatoms. The molecule has 0 bridgehead atoms. The second-order valence-electron chi connectivity index (χ2n) is 6.65. The fourth-order valence-corrected chi connectivity index (χ4v) is 3.10. The van der Waals surface area contributed by atoms with Crippen molar-refractivity contribution in [1.82, 2.24) is 9.97 Å². The maximum Gasteiger partial charge on any atom is 0.308 e. The molecule has 1 heterocycles. The molecule has 0 aliphatic rings. The molecule has 0 N–H and O–H groups in total. The van der Waals surface area contributed by atoms with Gasteiger partial charge in [-0.15, -0.1) is 0 Å². The number of nitrogens with zero attached hydrogens (tertiary/aromatic N) is 2. The van der Waals surface area contributed by atoms with E-state index in [-0.39, 0.29) is 11.9 Å². The van der Waals surface area contributed by atoms with Crippen LogP contribution in [0.1, 0.15) is 13.8 Å². The van der Waals surface area contributed by atoms with Crippen LogP contribution in [0.25, 0.3) is 33.5 Å². The van der Waals surface area contributed by atoms with Crippen molar-refractivity contribution >= 4 is 23.0 Å². The van der Waals surface area contributed by atoms with Gasteiger partial charge in [0.2, 0.25) is 0 Å². The van der Waals surface area contributed by atoms with E-state index >= 15 is 0 Å². The molecule has 0 atom stereocenters. The van der Waals surface area contributed by atoms with Gasteiger partial charge in [-0.05, 0) is 60.7 Å². The van der Waals surface area contributed by atoms with Crippen LogP contribution in [0.5, 0.6) is 11.5 Å². The van der Waals surface area contributed by atoms with E-state index in [1.54, 1.807) is 24.3 Å². The predicted octanol–water partition coefficient (Wildman–Crippen LogP) is 4.81.